The van der Waals surface area contributed by atoms with Crippen LogP contribution in [-0.4, -0.2) is 30.4 Å². The molecule has 0 N–H and O–H groups in total. The van der Waals surface area contributed by atoms with E-state index in [9.17, 15) is 14.4 Å². The molecule has 6 nitrogen and oxygen atoms in total. The third kappa shape index (κ3) is 3.35. The van der Waals surface area contributed by atoms with Crippen molar-refractivity contribution in [2.24, 2.45) is 5.41 Å². The summed E-state index contributed by atoms with van der Waals surface area (Å²) in [4.78, 5) is 47.6. The van der Waals surface area contributed by atoms with Crippen molar-refractivity contribution in [3.63, 3.8) is 0 Å². The molecular formula is C29H26ClN3O3. The number of hydrogen-bond donors (Lipinski definition) is 0. The molecular weight excluding hydrogens is 474 g/mol. The number of anilines is 3. The largest absolute Gasteiger partial charge is 0.367 e. The first-order valence-electron chi connectivity index (χ1n) is 12.4. The summed E-state index contributed by atoms with van der Waals surface area (Å²) in [6, 6.07) is 22.4. The average molecular weight is 500 g/mol. The van der Waals surface area contributed by atoms with E-state index in [1.165, 1.54) is 9.80 Å². The summed E-state index contributed by atoms with van der Waals surface area (Å²) in [7, 11) is 0. The van der Waals surface area contributed by atoms with Crippen LogP contribution in [0.3, 0.4) is 0 Å². The van der Waals surface area contributed by atoms with E-state index in [0.29, 0.717) is 22.8 Å². The molecule has 182 valence electrons. The molecule has 2 fully saturated rings. The molecule has 3 heterocycles. The monoisotopic (exact) mass is 499 g/mol. The Morgan fingerprint density at radius 1 is 0.750 bits per heavy atom. The number of nitrogens with zero attached hydrogens (tertiary/aromatic N) is 3. The number of urea groups is 1. The standard InChI is InChI=1S/C29H26ClN3O3/c30-21-16-15-20-19-29(25-14-8-3-9-17-31(25)24(20)18-21)26(34)32(22-10-4-1-5-11-22)28(36)33(27(29)35)23-12-6-2-7-13-23/h1-2,4-7,10-13,15-16,18,25H,3,8-9,14,17,19H2. The Balaban J connectivity index is 1.60. The average Bonchev–Trinajstić information content (AvgIpc) is 3.16. The molecule has 7 heteroatoms. The van der Waals surface area contributed by atoms with Gasteiger partial charge < -0.3 is 4.90 Å². The van der Waals surface area contributed by atoms with Gasteiger partial charge in [-0.3, -0.25) is 9.59 Å². The number of hydrogen-bond acceptors (Lipinski definition) is 4. The maximum absolute atomic E-state index is 14.5. The fourth-order valence-corrected chi connectivity index (χ4v) is 6.26. The fraction of sp³-hybridized carbons (Fsp3) is 0.276. The number of fused-ring (bicyclic) bond motifs is 4. The predicted octanol–water partition coefficient (Wildman–Crippen LogP) is 5.83. The molecule has 1 unspecified atom stereocenters. The molecule has 0 saturated carbocycles. The second-order valence-electron chi connectivity index (χ2n) is 9.71. The number of benzene rings is 3. The van der Waals surface area contributed by atoms with E-state index in [1.807, 2.05) is 24.3 Å². The molecule has 0 bridgehead atoms. The summed E-state index contributed by atoms with van der Waals surface area (Å²) in [6.45, 7) is 0.727. The summed E-state index contributed by atoms with van der Waals surface area (Å²) in [5, 5.41) is 0.626. The van der Waals surface area contributed by atoms with E-state index in [2.05, 4.69) is 4.90 Å². The highest BCUT2D eigenvalue weighted by atomic mass is 35.5. The first kappa shape index (κ1) is 22.8. The van der Waals surface area contributed by atoms with Gasteiger partial charge in [0.2, 0.25) is 0 Å². The number of para-hydroxylation sites is 2. The van der Waals surface area contributed by atoms with Crippen molar-refractivity contribution < 1.29 is 14.4 Å². The second kappa shape index (κ2) is 8.79. The van der Waals surface area contributed by atoms with Crippen LogP contribution in [0.25, 0.3) is 0 Å². The van der Waals surface area contributed by atoms with E-state index in [0.717, 1.165) is 37.1 Å². The first-order valence-corrected chi connectivity index (χ1v) is 12.8. The van der Waals surface area contributed by atoms with E-state index in [4.69, 9.17) is 11.6 Å². The Morgan fingerprint density at radius 3 is 1.97 bits per heavy atom. The maximum Gasteiger partial charge on any atom is 0.342 e. The van der Waals surface area contributed by atoms with Crippen LogP contribution in [0.15, 0.2) is 78.9 Å². The predicted molar refractivity (Wildman–Crippen MR) is 140 cm³/mol. The van der Waals surface area contributed by atoms with Crippen LogP contribution in [0.1, 0.15) is 31.2 Å². The van der Waals surface area contributed by atoms with Gasteiger partial charge in [0.1, 0.15) is 0 Å². The first-order chi connectivity index (χ1) is 17.5. The van der Waals surface area contributed by atoms with Crippen LogP contribution >= 0.6 is 11.6 Å². The Kier molecular flexibility index (Phi) is 5.56. The molecule has 1 spiro atoms. The van der Waals surface area contributed by atoms with Gasteiger partial charge in [0.25, 0.3) is 11.8 Å². The molecule has 3 aromatic rings. The minimum atomic E-state index is -1.44. The summed E-state index contributed by atoms with van der Waals surface area (Å²) >= 11 is 6.39. The number of halogens is 1. The van der Waals surface area contributed by atoms with Crippen LogP contribution in [-0.2, 0) is 16.0 Å². The highest BCUT2D eigenvalue weighted by Crippen LogP contribution is 2.50. The van der Waals surface area contributed by atoms with Crippen LogP contribution in [0, 0.1) is 5.41 Å². The molecule has 2 saturated heterocycles. The second-order valence-corrected chi connectivity index (χ2v) is 10.2. The third-order valence-electron chi connectivity index (χ3n) is 7.73. The quantitative estimate of drug-likeness (QED) is 0.416. The molecule has 0 aromatic heterocycles. The minimum Gasteiger partial charge on any atom is -0.367 e. The van der Waals surface area contributed by atoms with Crippen LogP contribution in [0.2, 0.25) is 5.02 Å². The molecule has 0 aliphatic carbocycles. The van der Waals surface area contributed by atoms with Crippen molar-refractivity contribution in [1.29, 1.82) is 0 Å². The van der Waals surface area contributed by atoms with Crippen LogP contribution in [0.4, 0.5) is 21.9 Å². The normalized spacial score (nSPS) is 21.3. The SMILES string of the molecule is O=C1N(c2ccccc2)C(=O)C2(Cc3ccc(Cl)cc3N3CCCCCC32)C(=O)N1c1ccccc1. The van der Waals surface area contributed by atoms with Crippen molar-refractivity contribution in [3.8, 4) is 0 Å². The smallest absolute Gasteiger partial charge is 0.342 e. The highest BCUT2D eigenvalue weighted by Gasteiger charge is 2.64. The zero-order chi connectivity index (χ0) is 24.9. The van der Waals surface area contributed by atoms with Crippen molar-refractivity contribution in [1.82, 2.24) is 0 Å². The zero-order valence-electron chi connectivity index (χ0n) is 19.8. The number of imide groups is 2. The molecule has 3 aliphatic heterocycles. The van der Waals surface area contributed by atoms with Gasteiger partial charge in [-0.1, -0.05) is 66.9 Å². The van der Waals surface area contributed by atoms with Gasteiger partial charge in [0, 0.05) is 17.3 Å². The lowest BCUT2D eigenvalue weighted by Crippen LogP contribution is -2.73. The van der Waals surface area contributed by atoms with Crippen LogP contribution < -0.4 is 14.7 Å². The number of barbiturate groups is 1. The molecule has 6 rings (SSSR count). The summed E-state index contributed by atoms with van der Waals surface area (Å²) in [6.07, 6.45) is 3.79. The third-order valence-corrected chi connectivity index (χ3v) is 7.96. The number of rotatable bonds is 2. The van der Waals surface area contributed by atoms with Gasteiger partial charge in [-0.15, -0.1) is 0 Å². The molecule has 36 heavy (non-hydrogen) atoms. The lowest BCUT2D eigenvalue weighted by Gasteiger charge is -2.53. The van der Waals surface area contributed by atoms with E-state index < -0.39 is 23.3 Å². The van der Waals surface area contributed by atoms with Crippen molar-refractivity contribution in [2.45, 2.75) is 38.1 Å². The molecule has 0 radical (unpaired) electrons. The lowest BCUT2D eigenvalue weighted by atomic mass is 9.66. The number of amides is 4. The fourth-order valence-electron chi connectivity index (χ4n) is 6.09. The van der Waals surface area contributed by atoms with Gasteiger partial charge >= 0.3 is 6.03 Å². The Bertz CT molecular complexity index is 1280. The van der Waals surface area contributed by atoms with Gasteiger partial charge in [0.15, 0.2) is 5.41 Å². The Labute approximate surface area is 215 Å². The van der Waals surface area contributed by atoms with Crippen molar-refractivity contribution in [2.75, 3.05) is 21.2 Å². The van der Waals surface area contributed by atoms with Gasteiger partial charge in [0.05, 0.1) is 17.4 Å². The van der Waals surface area contributed by atoms with Crippen molar-refractivity contribution in [3.05, 3.63) is 89.4 Å². The summed E-state index contributed by atoms with van der Waals surface area (Å²) < 4.78 is 0. The van der Waals surface area contributed by atoms with E-state index >= 15 is 0 Å². The Hall–Kier alpha value is -3.64. The lowest BCUT2D eigenvalue weighted by molar-refractivity contribution is -0.143. The summed E-state index contributed by atoms with van der Waals surface area (Å²) in [5.74, 6) is -0.901. The van der Waals surface area contributed by atoms with E-state index in [1.54, 1.807) is 54.6 Å². The Morgan fingerprint density at radius 2 is 1.36 bits per heavy atom. The summed E-state index contributed by atoms with van der Waals surface area (Å²) in [5.41, 5.74) is 1.36. The molecule has 3 aromatic carbocycles. The molecule has 3 aliphatic rings. The van der Waals surface area contributed by atoms with Gasteiger partial charge in [-0.25, -0.2) is 14.6 Å². The number of carbonyl (C=O) groups is 3. The topological polar surface area (TPSA) is 60.9 Å². The minimum absolute atomic E-state index is 0.221. The van der Waals surface area contributed by atoms with E-state index in [-0.39, 0.29) is 12.5 Å². The maximum atomic E-state index is 14.5. The molecule has 4 amide bonds. The van der Waals surface area contributed by atoms with Gasteiger partial charge in [-0.05, 0) is 61.2 Å². The van der Waals surface area contributed by atoms with Crippen molar-refractivity contribution >= 4 is 46.5 Å². The molecule has 1 atom stereocenters. The number of carbonyl (C=O) groups excluding carboxylic acids is 3. The van der Waals surface area contributed by atoms with Crippen LogP contribution in [0.5, 0.6) is 0 Å². The highest BCUT2D eigenvalue weighted by molar-refractivity contribution is 6.39. The zero-order valence-corrected chi connectivity index (χ0v) is 20.5. The van der Waals surface area contributed by atoms with Gasteiger partial charge in [-0.2, -0.15) is 0 Å².